The summed E-state index contributed by atoms with van der Waals surface area (Å²) in [5.74, 6) is -0.979. The summed E-state index contributed by atoms with van der Waals surface area (Å²) in [6.07, 6.45) is 1.33. The molecule has 1 unspecified atom stereocenters. The number of aliphatic carboxylic acids is 1. The molecule has 120 valence electrons. The van der Waals surface area contributed by atoms with Crippen molar-refractivity contribution >= 4 is 11.9 Å². The summed E-state index contributed by atoms with van der Waals surface area (Å²) in [4.78, 5) is 27.4. The van der Waals surface area contributed by atoms with E-state index < -0.39 is 5.97 Å². The monoisotopic (exact) mass is 304 g/mol. The topological polar surface area (TPSA) is 60.9 Å². The van der Waals surface area contributed by atoms with Gasteiger partial charge in [0, 0.05) is 26.2 Å². The number of carboxylic acids is 1. The molecule has 1 aromatic rings. The standard InChI is InChI=1S/C17H24N2O3/c1-14(17(21)22)13-18-8-5-9-19(11-10-18)16(20)12-15-6-3-2-4-7-15/h2-4,6-7,14H,5,8-13H2,1H3,(H,21,22). The van der Waals surface area contributed by atoms with E-state index in [2.05, 4.69) is 4.90 Å². The van der Waals surface area contributed by atoms with Gasteiger partial charge in [0.05, 0.1) is 12.3 Å². The van der Waals surface area contributed by atoms with E-state index in [1.54, 1.807) is 6.92 Å². The van der Waals surface area contributed by atoms with Gasteiger partial charge in [0.15, 0.2) is 0 Å². The third kappa shape index (κ3) is 4.84. The number of carbonyl (C=O) groups excluding carboxylic acids is 1. The molecule has 1 aromatic carbocycles. The number of carboxylic acid groups (broad SMARTS) is 1. The second-order valence-electron chi connectivity index (χ2n) is 5.94. The summed E-state index contributed by atoms with van der Waals surface area (Å²) in [7, 11) is 0. The van der Waals surface area contributed by atoms with Gasteiger partial charge in [-0.3, -0.25) is 9.59 Å². The number of amides is 1. The molecule has 1 fully saturated rings. The highest BCUT2D eigenvalue weighted by Crippen LogP contribution is 2.09. The molecule has 5 nitrogen and oxygen atoms in total. The van der Waals surface area contributed by atoms with E-state index in [1.165, 1.54) is 0 Å². The lowest BCUT2D eigenvalue weighted by Crippen LogP contribution is -2.37. The van der Waals surface area contributed by atoms with Crippen molar-refractivity contribution in [2.45, 2.75) is 19.8 Å². The van der Waals surface area contributed by atoms with Gasteiger partial charge in [0.25, 0.3) is 0 Å². The third-order valence-electron chi connectivity index (χ3n) is 4.09. The summed E-state index contributed by atoms with van der Waals surface area (Å²) in [5, 5.41) is 9.00. The number of rotatable bonds is 5. The quantitative estimate of drug-likeness (QED) is 0.895. The Hall–Kier alpha value is -1.88. The maximum absolute atomic E-state index is 12.4. The maximum Gasteiger partial charge on any atom is 0.307 e. The van der Waals surface area contributed by atoms with Gasteiger partial charge in [-0.15, -0.1) is 0 Å². The maximum atomic E-state index is 12.4. The van der Waals surface area contributed by atoms with Gasteiger partial charge in [-0.1, -0.05) is 37.3 Å². The smallest absolute Gasteiger partial charge is 0.307 e. The first kappa shape index (κ1) is 16.5. The van der Waals surface area contributed by atoms with Crippen molar-refractivity contribution in [1.82, 2.24) is 9.80 Å². The molecule has 1 saturated heterocycles. The molecule has 0 bridgehead atoms. The van der Waals surface area contributed by atoms with Crippen LogP contribution in [-0.4, -0.2) is 59.5 Å². The van der Waals surface area contributed by atoms with E-state index in [4.69, 9.17) is 5.11 Å². The molecule has 0 saturated carbocycles. The van der Waals surface area contributed by atoms with Gasteiger partial charge in [0.1, 0.15) is 0 Å². The summed E-state index contributed by atoms with van der Waals surface area (Å²) >= 11 is 0. The van der Waals surface area contributed by atoms with Crippen LogP contribution in [0.25, 0.3) is 0 Å². The minimum atomic E-state index is -0.763. The lowest BCUT2D eigenvalue weighted by Gasteiger charge is -2.23. The average molecular weight is 304 g/mol. The molecule has 1 amide bonds. The summed E-state index contributed by atoms with van der Waals surface area (Å²) in [6.45, 7) is 5.31. The lowest BCUT2D eigenvalue weighted by atomic mass is 10.1. The second-order valence-corrected chi connectivity index (χ2v) is 5.94. The molecular formula is C17H24N2O3. The first-order chi connectivity index (χ1) is 10.6. The first-order valence-electron chi connectivity index (χ1n) is 7.83. The first-order valence-corrected chi connectivity index (χ1v) is 7.83. The van der Waals surface area contributed by atoms with E-state index in [-0.39, 0.29) is 11.8 Å². The zero-order chi connectivity index (χ0) is 15.9. The fourth-order valence-electron chi connectivity index (χ4n) is 2.75. The van der Waals surface area contributed by atoms with Gasteiger partial charge in [-0.05, 0) is 18.5 Å². The molecule has 0 radical (unpaired) electrons. The fourth-order valence-corrected chi connectivity index (χ4v) is 2.75. The Labute approximate surface area is 131 Å². The average Bonchev–Trinajstić information content (AvgIpc) is 2.74. The number of benzene rings is 1. The van der Waals surface area contributed by atoms with Crippen LogP contribution >= 0.6 is 0 Å². The largest absolute Gasteiger partial charge is 0.481 e. The minimum absolute atomic E-state index is 0.152. The Morgan fingerprint density at radius 2 is 1.86 bits per heavy atom. The van der Waals surface area contributed by atoms with Gasteiger partial charge in [-0.2, -0.15) is 0 Å². The van der Waals surface area contributed by atoms with Crippen molar-refractivity contribution in [3.63, 3.8) is 0 Å². The molecular weight excluding hydrogens is 280 g/mol. The van der Waals surface area contributed by atoms with Gasteiger partial charge in [0.2, 0.25) is 5.91 Å². The number of hydrogen-bond donors (Lipinski definition) is 1. The Morgan fingerprint density at radius 1 is 1.14 bits per heavy atom. The van der Waals surface area contributed by atoms with E-state index in [0.717, 1.165) is 31.6 Å². The molecule has 0 aromatic heterocycles. The van der Waals surface area contributed by atoms with Crippen molar-refractivity contribution in [2.24, 2.45) is 5.92 Å². The highest BCUT2D eigenvalue weighted by atomic mass is 16.4. The van der Waals surface area contributed by atoms with E-state index in [9.17, 15) is 9.59 Å². The normalized spacial score (nSPS) is 17.8. The molecule has 5 heteroatoms. The molecule has 1 aliphatic rings. The predicted molar refractivity (Wildman–Crippen MR) is 84.6 cm³/mol. The highest BCUT2D eigenvalue weighted by molar-refractivity contribution is 5.78. The van der Waals surface area contributed by atoms with E-state index >= 15 is 0 Å². The number of nitrogens with zero attached hydrogens (tertiary/aromatic N) is 2. The van der Waals surface area contributed by atoms with Crippen molar-refractivity contribution in [3.8, 4) is 0 Å². The Bertz CT molecular complexity index is 504. The summed E-state index contributed by atoms with van der Waals surface area (Å²) < 4.78 is 0. The van der Waals surface area contributed by atoms with Crippen LogP contribution < -0.4 is 0 Å². The fraction of sp³-hybridized carbons (Fsp3) is 0.529. The second kappa shape index (κ2) is 7.94. The number of hydrogen-bond acceptors (Lipinski definition) is 3. The molecule has 0 spiro atoms. The van der Waals surface area contributed by atoms with Crippen molar-refractivity contribution in [1.29, 1.82) is 0 Å². The van der Waals surface area contributed by atoms with Gasteiger partial charge in [-0.25, -0.2) is 0 Å². The van der Waals surface area contributed by atoms with Gasteiger partial charge < -0.3 is 14.9 Å². The third-order valence-corrected chi connectivity index (χ3v) is 4.09. The molecule has 22 heavy (non-hydrogen) atoms. The van der Waals surface area contributed by atoms with Crippen LogP contribution in [0.4, 0.5) is 0 Å². The summed E-state index contributed by atoms with van der Waals surface area (Å²) in [5.41, 5.74) is 1.04. The SMILES string of the molecule is CC(CN1CCCN(C(=O)Cc2ccccc2)CC1)C(=O)O. The van der Waals surface area contributed by atoms with Crippen molar-refractivity contribution in [3.05, 3.63) is 35.9 Å². The highest BCUT2D eigenvalue weighted by Gasteiger charge is 2.22. The Kier molecular flexibility index (Phi) is 5.95. The number of carbonyl (C=O) groups is 2. The molecule has 0 aliphatic carbocycles. The molecule has 2 rings (SSSR count). The zero-order valence-corrected chi connectivity index (χ0v) is 13.1. The van der Waals surface area contributed by atoms with E-state index in [0.29, 0.717) is 19.5 Å². The molecule has 1 atom stereocenters. The Balaban J connectivity index is 1.84. The summed E-state index contributed by atoms with van der Waals surface area (Å²) in [6, 6.07) is 9.77. The molecule has 1 heterocycles. The molecule has 1 N–H and O–H groups in total. The van der Waals surface area contributed by atoms with Crippen molar-refractivity contribution < 1.29 is 14.7 Å². The van der Waals surface area contributed by atoms with Crippen LogP contribution in [0.3, 0.4) is 0 Å². The van der Waals surface area contributed by atoms with Crippen molar-refractivity contribution in [2.75, 3.05) is 32.7 Å². The van der Waals surface area contributed by atoms with Crippen LogP contribution in [0.15, 0.2) is 30.3 Å². The minimum Gasteiger partial charge on any atom is -0.481 e. The van der Waals surface area contributed by atoms with Crippen LogP contribution in [0.5, 0.6) is 0 Å². The van der Waals surface area contributed by atoms with Gasteiger partial charge >= 0.3 is 5.97 Å². The Morgan fingerprint density at radius 3 is 2.55 bits per heavy atom. The van der Waals surface area contributed by atoms with E-state index in [1.807, 2.05) is 35.2 Å². The predicted octanol–water partition coefficient (Wildman–Crippen LogP) is 1.48. The van der Waals surface area contributed by atoms with Crippen LogP contribution in [0.1, 0.15) is 18.9 Å². The zero-order valence-electron chi connectivity index (χ0n) is 13.1. The van der Waals surface area contributed by atoms with Crippen LogP contribution in [-0.2, 0) is 16.0 Å². The molecule has 1 aliphatic heterocycles. The van der Waals surface area contributed by atoms with Crippen LogP contribution in [0, 0.1) is 5.92 Å². The lowest BCUT2D eigenvalue weighted by molar-refractivity contribution is -0.141. The van der Waals surface area contributed by atoms with Crippen LogP contribution in [0.2, 0.25) is 0 Å².